The van der Waals surface area contributed by atoms with Crippen LogP contribution in [0.3, 0.4) is 0 Å². The van der Waals surface area contributed by atoms with E-state index in [-0.39, 0.29) is 0 Å². The minimum Gasteiger partial charge on any atom is -0.385 e. The van der Waals surface area contributed by atoms with Crippen LogP contribution in [0.15, 0.2) is 18.2 Å². The second-order valence-corrected chi connectivity index (χ2v) is 7.28. The Bertz CT molecular complexity index is 466. The molecule has 0 heterocycles. The van der Waals surface area contributed by atoms with Crippen LogP contribution in [0.5, 0.6) is 0 Å². The lowest BCUT2D eigenvalue weighted by Crippen LogP contribution is -2.24. The first-order valence-corrected chi connectivity index (χ1v) is 10.8. The molecule has 0 bridgehead atoms. The van der Waals surface area contributed by atoms with Crippen LogP contribution in [0.25, 0.3) is 0 Å². The molecule has 0 spiro atoms. The lowest BCUT2D eigenvalue weighted by molar-refractivity contribution is 0.747. The second-order valence-electron chi connectivity index (χ2n) is 5.50. The smallest absolute Gasteiger partial charge is 0.106 e. The van der Waals surface area contributed by atoms with Crippen molar-refractivity contribution in [2.45, 2.75) is 39.0 Å². The van der Waals surface area contributed by atoms with Gasteiger partial charge in [0.2, 0.25) is 0 Å². The minimum atomic E-state index is 0.756. The summed E-state index contributed by atoms with van der Waals surface area (Å²) in [6.45, 7) is 4.12. The molecular weight excluding hydrogens is 344 g/mol. The van der Waals surface area contributed by atoms with Gasteiger partial charge in [-0.2, -0.15) is 11.8 Å². The molecule has 0 radical (unpaired) electrons. The molecule has 0 aliphatic carbocycles. The van der Waals surface area contributed by atoms with Gasteiger partial charge < -0.3 is 10.6 Å². The SMILES string of the molecule is CCc1ccc(C(=S)NCCCSC)cc1NCCCCCCl. The molecule has 0 aliphatic rings. The third kappa shape index (κ3) is 8.27. The molecular formula is C18H29ClN2S2. The van der Waals surface area contributed by atoms with E-state index in [1.165, 1.54) is 23.4 Å². The lowest BCUT2D eigenvalue weighted by atomic mass is 10.1. The van der Waals surface area contributed by atoms with Crippen molar-refractivity contribution in [1.29, 1.82) is 0 Å². The van der Waals surface area contributed by atoms with Gasteiger partial charge in [0.25, 0.3) is 0 Å². The van der Waals surface area contributed by atoms with Gasteiger partial charge in [0, 0.05) is 30.2 Å². The highest BCUT2D eigenvalue weighted by Crippen LogP contribution is 2.19. The summed E-state index contributed by atoms with van der Waals surface area (Å²) < 4.78 is 0. The van der Waals surface area contributed by atoms with Crippen LogP contribution in [0.4, 0.5) is 5.69 Å². The number of hydrogen-bond acceptors (Lipinski definition) is 3. The maximum Gasteiger partial charge on any atom is 0.106 e. The maximum atomic E-state index is 5.72. The summed E-state index contributed by atoms with van der Waals surface area (Å²) >= 11 is 13.1. The summed E-state index contributed by atoms with van der Waals surface area (Å²) in [7, 11) is 0. The van der Waals surface area contributed by atoms with Crippen LogP contribution in [-0.2, 0) is 6.42 Å². The van der Waals surface area contributed by atoms with Crippen LogP contribution in [0.2, 0.25) is 0 Å². The molecule has 0 fully saturated rings. The van der Waals surface area contributed by atoms with E-state index in [0.29, 0.717) is 0 Å². The van der Waals surface area contributed by atoms with Crippen molar-refractivity contribution in [2.75, 3.05) is 36.3 Å². The van der Waals surface area contributed by atoms with Gasteiger partial charge in [0.15, 0.2) is 0 Å². The van der Waals surface area contributed by atoms with E-state index in [1.54, 1.807) is 0 Å². The highest BCUT2D eigenvalue weighted by atomic mass is 35.5. The van der Waals surface area contributed by atoms with E-state index >= 15 is 0 Å². The largest absolute Gasteiger partial charge is 0.385 e. The first-order chi connectivity index (χ1) is 11.2. The first kappa shape index (κ1) is 20.6. The number of thiocarbonyl (C=S) groups is 1. The maximum absolute atomic E-state index is 5.72. The predicted octanol–water partition coefficient (Wildman–Crippen LogP) is 5.09. The van der Waals surface area contributed by atoms with Gasteiger partial charge in [0.1, 0.15) is 4.99 Å². The Morgan fingerprint density at radius 2 is 2.00 bits per heavy atom. The van der Waals surface area contributed by atoms with Crippen LogP contribution in [0, 0.1) is 0 Å². The third-order valence-corrected chi connectivity index (χ3v) is 5.03. The fourth-order valence-corrected chi connectivity index (χ4v) is 3.18. The third-order valence-electron chi connectivity index (χ3n) is 3.69. The van der Waals surface area contributed by atoms with E-state index in [1.807, 2.05) is 11.8 Å². The average Bonchev–Trinajstić information content (AvgIpc) is 2.58. The molecule has 0 atom stereocenters. The molecule has 2 nitrogen and oxygen atoms in total. The number of thioether (sulfide) groups is 1. The lowest BCUT2D eigenvalue weighted by Gasteiger charge is -2.14. The molecule has 1 rings (SSSR count). The van der Waals surface area contributed by atoms with E-state index in [2.05, 4.69) is 42.0 Å². The van der Waals surface area contributed by atoms with Crippen LogP contribution in [0.1, 0.15) is 43.7 Å². The molecule has 0 saturated heterocycles. The fourth-order valence-electron chi connectivity index (χ4n) is 2.33. The summed E-state index contributed by atoms with van der Waals surface area (Å²) in [5, 5.41) is 6.92. The molecule has 0 aromatic heterocycles. The average molecular weight is 373 g/mol. The number of nitrogens with one attached hydrogen (secondary N) is 2. The Morgan fingerprint density at radius 1 is 1.17 bits per heavy atom. The molecule has 23 heavy (non-hydrogen) atoms. The Morgan fingerprint density at radius 3 is 2.70 bits per heavy atom. The molecule has 2 N–H and O–H groups in total. The highest BCUT2D eigenvalue weighted by Gasteiger charge is 2.06. The summed E-state index contributed by atoms with van der Waals surface area (Å²) in [4.78, 5) is 0.846. The van der Waals surface area contributed by atoms with Gasteiger partial charge in [-0.15, -0.1) is 11.6 Å². The van der Waals surface area contributed by atoms with Crippen LogP contribution >= 0.6 is 35.6 Å². The number of hydrogen-bond donors (Lipinski definition) is 2. The molecule has 5 heteroatoms. The Kier molecular flexibility index (Phi) is 11.6. The van der Waals surface area contributed by atoms with Gasteiger partial charge in [-0.25, -0.2) is 0 Å². The minimum absolute atomic E-state index is 0.756. The van der Waals surface area contributed by atoms with Crippen molar-refractivity contribution in [3.05, 3.63) is 29.3 Å². The van der Waals surface area contributed by atoms with Gasteiger partial charge in [-0.1, -0.05) is 37.7 Å². The Balaban J connectivity index is 2.57. The van der Waals surface area contributed by atoms with Gasteiger partial charge in [-0.05, 0) is 49.3 Å². The molecule has 0 aliphatic heterocycles. The molecule has 1 aromatic rings. The molecule has 0 amide bonds. The van der Waals surface area contributed by atoms with Gasteiger partial charge >= 0.3 is 0 Å². The summed E-state index contributed by atoms with van der Waals surface area (Å²) in [5.41, 5.74) is 3.66. The van der Waals surface area contributed by atoms with Crippen molar-refractivity contribution < 1.29 is 0 Å². The number of anilines is 1. The van der Waals surface area contributed by atoms with Gasteiger partial charge in [-0.3, -0.25) is 0 Å². The molecule has 0 saturated carbocycles. The highest BCUT2D eigenvalue weighted by molar-refractivity contribution is 7.98. The molecule has 1 aromatic carbocycles. The summed E-state index contributed by atoms with van der Waals surface area (Å²) in [6, 6.07) is 6.50. The first-order valence-electron chi connectivity index (χ1n) is 8.42. The standard InChI is InChI=1S/C18H29ClN2S2/c1-3-15-8-9-16(18(22)21-12-7-13-23-2)14-17(15)20-11-6-4-5-10-19/h8-9,14,20H,3-7,10-13H2,1-2H3,(H,21,22). The van der Waals surface area contributed by atoms with Crippen LogP contribution in [-0.4, -0.2) is 36.0 Å². The van der Waals surface area contributed by atoms with E-state index in [0.717, 1.165) is 55.2 Å². The summed E-state index contributed by atoms with van der Waals surface area (Å²) in [5.74, 6) is 1.92. The number of rotatable bonds is 12. The monoisotopic (exact) mass is 372 g/mol. The number of unbranched alkanes of at least 4 members (excludes halogenated alkanes) is 2. The van der Waals surface area contributed by atoms with Crippen molar-refractivity contribution in [3.8, 4) is 0 Å². The van der Waals surface area contributed by atoms with E-state index in [4.69, 9.17) is 23.8 Å². The van der Waals surface area contributed by atoms with Crippen molar-refractivity contribution in [1.82, 2.24) is 5.32 Å². The van der Waals surface area contributed by atoms with Crippen molar-refractivity contribution in [3.63, 3.8) is 0 Å². The summed E-state index contributed by atoms with van der Waals surface area (Å²) in [6.07, 6.45) is 7.71. The molecule has 130 valence electrons. The van der Waals surface area contributed by atoms with Gasteiger partial charge in [0.05, 0.1) is 0 Å². The zero-order valence-electron chi connectivity index (χ0n) is 14.3. The Hall–Kier alpha value is -0.450. The number of benzene rings is 1. The zero-order valence-corrected chi connectivity index (χ0v) is 16.7. The fraction of sp³-hybridized carbons (Fsp3) is 0.611. The zero-order chi connectivity index (χ0) is 16.9. The predicted molar refractivity (Wildman–Crippen MR) is 112 cm³/mol. The number of halogens is 1. The molecule has 0 unspecified atom stereocenters. The van der Waals surface area contributed by atoms with E-state index < -0.39 is 0 Å². The topological polar surface area (TPSA) is 24.1 Å². The number of alkyl halides is 1. The Labute approximate surface area is 156 Å². The van der Waals surface area contributed by atoms with Crippen molar-refractivity contribution in [2.24, 2.45) is 0 Å². The quantitative estimate of drug-likeness (QED) is 0.303. The van der Waals surface area contributed by atoms with E-state index in [9.17, 15) is 0 Å². The number of aryl methyl sites for hydroxylation is 1. The van der Waals surface area contributed by atoms with Crippen molar-refractivity contribution >= 4 is 46.3 Å². The van der Waals surface area contributed by atoms with Crippen LogP contribution < -0.4 is 10.6 Å². The second kappa shape index (κ2) is 12.9. The normalized spacial score (nSPS) is 10.6.